The van der Waals surface area contributed by atoms with E-state index in [-0.39, 0.29) is 0 Å². The van der Waals surface area contributed by atoms with Crippen LogP contribution in [0, 0.1) is 0 Å². The van der Waals surface area contributed by atoms with Gasteiger partial charge in [-0.15, -0.1) is 0 Å². The summed E-state index contributed by atoms with van der Waals surface area (Å²) >= 11 is 6.14. The first-order chi connectivity index (χ1) is 8.66. The molecule has 0 amide bonds. The molecule has 1 aromatic carbocycles. The van der Waals surface area contributed by atoms with Gasteiger partial charge in [-0.25, -0.2) is 9.67 Å². The predicted octanol–water partition coefficient (Wildman–Crippen LogP) is 2.48. The average Bonchev–Trinajstić information content (AvgIpc) is 2.77. The van der Waals surface area contributed by atoms with E-state index in [1.54, 1.807) is 6.33 Å². The zero-order valence-corrected chi connectivity index (χ0v) is 11.4. The van der Waals surface area contributed by atoms with Gasteiger partial charge in [0.2, 0.25) is 0 Å². The molecule has 0 radical (unpaired) electrons. The maximum Gasteiger partial charge on any atom is 0.141 e. The molecule has 4 nitrogen and oxygen atoms in total. The lowest BCUT2D eigenvalue weighted by Gasteiger charge is -2.10. The van der Waals surface area contributed by atoms with Crippen LogP contribution in [0.2, 0.25) is 5.02 Å². The minimum Gasteiger partial charge on any atom is -0.308 e. The van der Waals surface area contributed by atoms with Gasteiger partial charge in [0.15, 0.2) is 0 Å². The lowest BCUT2D eigenvalue weighted by atomic mass is 10.2. The van der Waals surface area contributed by atoms with Crippen molar-refractivity contribution in [1.82, 2.24) is 20.1 Å². The lowest BCUT2D eigenvalue weighted by Crippen LogP contribution is -2.24. The lowest BCUT2D eigenvalue weighted by molar-refractivity contribution is 0.539. The van der Waals surface area contributed by atoms with Crippen molar-refractivity contribution in [2.24, 2.45) is 0 Å². The second-order valence-electron chi connectivity index (χ2n) is 4.46. The van der Waals surface area contributed by atoms with Crippen LogP contribution < -0.4 is 5.32 Å². The molecule has 0 atom stereocenters. The highest BCUT2D eigenvalue weighted by molar-refractivity contribution is 6.31. The molecule has 0 aliphatic carbocycles. The number of nitrogens with zero attached hydrogens (tertiary/aromatic N) is 3. The Morgan fingerprint density at radius 1 is 1.33 bits per heavy atom. The third-order valence-corrected chi connectivity index (χ3v) is 3.01. The Morgan fingerprint density at radius 2 is 2.11 bits per heavy atom. The summed E-state index contributed by atoms with van der Waals surface area (Å²) in [5.74, 6) is 0.920. The second-order valence-corrected chi connectivity index (χ2v) is 4.87. The molecule has 0 aliphatic heterocycles. The van der Waals surface area contributed by atoms with Crippen LogP contribution in [0.4, 0.5) is 0 Å². The Bertz CT molecular complexity index is 507. The molecule has 0 unspecified atom stereocenters. The Labute approximate surface area is 112 Å². The molecule has 2 rings (SSSR count). The molecular weight excluding hydrogens is 248 g/mol. The fourth-order valence-electron chi connectivity index (χ4n) is 1.64. The SMILES string of the molecule is CC(C)NCc1ncnn1Cc1ccccc1Cl. The van der Waals surface area contributed by atoms with E-state index in [1.165, 1.54) is 0 Å². The van der Waals surface area contributed by atoms with Gasteiger partial charge in [-0.1, -0.05) is 43.6 Å². The van der Waals surface area contributed by atoms with Crippen molar-refractivity contribution >= 4 is 11.6 Å². The molecule has 0 fully saturated rings. The van der Waals surface area contributed by atoms with Gasteiger partial charge in [-0.2, -0.15) is 5.10 Å². The Balaban J connectivity index is 2.10. The molecule has 0 saturated carbocycles. The van der Waals surface area contributed by atoms with E-state index in [9.17, 15) is 0 Å². The molecule has 1 heterocycles. The van der Waals surface area contributed by atoms with Crippen LogP contribution in [0.25, 0.3) is 0 Å². The maximum atomic E-state index is 6.14. The van der Waals surface area contributed by atoms with Crippen molar-refractivity contribution in [1.29, 1.82) is 0 Å². The fraction of sp³-hybridized carbons (Fsp3) is 0.385. The molecule has 0 spiro atoms. The Morgan fingerprint density at radius 3 is 2.83 bits per heavy atom. The van der Waals surface area contributed by atoms with Crippen molar-refractivity contribution in [3.63, 3.8) is 0 Å². The van der Waals surface area contributed by atoms with Crippen molar-refractivity contribution in [2.45, 2.75) is 33.0 Å². The second kappa shape index (κ2) is 5.98. The van der Waals surface area contributed by atoms with Gasteiger partial charge in [0.25, 0.3) is 0 Å². The summed E-state index contributed by atoms with van der Waals surface area (Å²) in [6.07, 6.45) is 1.58. The highest BCUT2D eigenvalue weighted by Gasteiger charge is 2.07. The summed E-state index contributed by atoms with van der Waals surface area (Å²) in [5, 5.41) is 8.33. The van der Waals surface area contributed by atoms with Crippen molar-refractivity contribution in [2.75, 3.05) is 0 Å². The molecule has 5 heteroatoms. The average molecular weight is 265 g/mol. The standard InChI is InChI=1S/C13H17ClN4/c1-10(2)15-7-13-16-9-17-18(13)8-11-5-3-4-6-12(11)14/h3-6,9-10,15H,7-8H2,1-2H3. The van der Waals surface area contributed by atoms with Crippen molar-refractivity contribution < 1.29 is 0 Å². The van der Waals surface area contributed by atoms with Crippen LogP contribution in [0.1, 0.15) is 25.2 Å². The number of hydrogen-bond acceptors (Lipinski definition) is 3. The summed E-state index contributed by atoms with van der Waals surface area (Å²) in [5.41, 5.74) is 1.05. The smallest absolute Gasteiger partial charge is 0.141 e. The van der Waals surface area contributed by atoms with Crippen LogP contribution >= 0.6 is 11.6 Å². The predicted molar refractivity (Wildman–Crippen MR) is 72.6 cm³/mol. The zero-order valence-electron chi connectivity index (χ0n) is 10.6. The summed E-state index contributed by atoms with van der Waals surface area (Å²) in [6, 6.07) is 8.22. The van der Waals surface area contributed by atoms with E-state index in [0.29, 0.717) is 19.1 Å². The highest BCUT2D eigenvalue weighted by atomic mass is 35.5. The number of rotatable bonds is 5. The number of benzene rings is 1. The molecule has 0 saturated heterocycles. The Hall–Kier alpha value is -1.39. The first kappa shape index (κ1) is 13.1. The van der Waals surface area contributed by atoms with E-state index < -0.39 is 0 Å². The van der Waals surface area contributed by atoms with Gasteiger partial charge < -0.3 is 5.32 Å². The normalized spacial score (nSPS) is 11.1. The largest absolute Gasteiger partial charge is 0.308 e. The summed E-state index contributed by atoms with van der Waals surface area (Å²) < 4.78 is 1.87. The van der Waals surface area contributed by atoms with Crippen molar-refractivity contribution in [3.05, 3.63) is 47.0 Å². The number of hydrogen-bond donors (Lipinski definition) is 1. The molecular formula is C13H17ClN4. The van der Waals surface area contributed by atoms with Crippen LogP contribution in [-0.2, 0) is 13.1 Å². The minimum atomic E-state index is 0.426. The summed E-state index contributed by atoms with van der Waals surface area (Å²) in [7, 11) is 0. The van der Waals surface area contributed by atoms with Gasteiger partial charge in [0, 0.05) is 11.1 Å². The first-order valence-electron chi connectivity index (χ1n) is 6.00. The highest BCUT2D eigenvalue weighted by Crippen LogP contribution is 2.16. The molecule has 18 heavy (non-hydrogen) atoms. The Kier molecular flexibility index (Phi) is 4.33. The van der Waals surface area contributed by atoms with Gasteiger partial charge in [0.1, 0.15) is 12.2 Å². The monoisotopic (exact) mass is 264 g/mol. The van der Waals surface area contributed by atoms with Crippen LogP contribution in [-0.4, -0.2) is 20.8 Å². The fourth-order valence-corrected chi connectivity index (χ4v) is 1.84. The quantitative estimate of drug-likeness (QED) is 0.902. The van der Waals surface area contributed by atoms with Crippen LogP contribution in [0.3, 0.4) is 0 Å². The number of halogens is 1. The van der Waals surface area contributed by atoms with Gasteiger partial charge >= 0.3 is 0 Å². The minimum absolute atomic E-state index is 0.426. The zero-order chi connectivity index (χ0) is 13.0. The third-order valence-electron chi connectivity index (χ3n) is 2.64. The summed E-state index contributed by atoms with van der Waals surface area (Å²) in [6.45, 7) is 5.57. The van der Waals surface area contributed by atoms with E-state index in [4.69, 9.17) is 11.6 Å². The maximum absolute atomic E-state index is 6.14. The summed E-state index contributed by atoms with van der Waals surface area (Å²) in [4.78, 5) is 4.26. The molecule has 2 aromatic rings. The van der Waals surface area contributed by atoms with Gasteiger partial charge in [-0.05, 0) is 11.6 Å². The molecule has 1 aromatic heterocycles. The van der Waals surface area contributed by atoms with E-state index >= 15 is 0 Å². The first-order valence-corrected chi connectivity index (χ1v) is 6.38. The molecule has 96 valence electrons. The van der Waals surface area contributed by atoms with E-state index in [2.05, 4.69) is 29.2 Å². The number of nitrogens with one attached hydrogen (secondary N) is 1. The van der Waals surface area contributed by atoms with Crippen molar-refractivity contribution in [3.8, 4) is 0 Å². The topological polar surface area (TPSA) is 42.7 Å². The molecule has 0 bridgehead atoms. The number of aromatic nitrogens is 3. The molecule has 1 N–H and O–H groups in total. The third kappa shape index (κ3) is 3.31. The van der Waals surface area contributed by atoms with Crippen LogP contribution in [0.5, 0.6) is 0 Å². The molecule has 0 aliphatic rings. The van der Waals surface area contributed by atoms with E-state index in [1.807, 2.05) is 28.9 Å². The van der Waals surface area contributed by atoms with Gasteiger partial charge in [-0.3, -0.25) is 0 Å². The van der Waals surface area contributed by atoms with Crippen LogP contribution in [0.15, 0.2) is 30.6 Å². The van der Waals surface area contributed by atoms with E-state index in [0.717, 1.165) is 16.4 Å². The van der Waals surface area contributed by atoms with Gasteiger partial charge in [0.05, 0.1) is 13.1 Å².